The van der Waals surface area contributed by atoms with Gasteiger partial charge in [0.05, 0.1) is 18.1 Å². The summed E-state index contributed by atoms with van der Waals surface area (Å²) in [5.41, 5.74) is 1.25. The van der Waals surface area contributed by atoms with Crippen LogP contribution in [0.4, 0.5) is 0 Å². The molecule has 28 heavy (non-hydrogen) atoms. The predicted molar refractivity (Wildman–Crippen MR) is 110 cm³/mol. The number of benzene rings is 2. The van der Waals surface area contributed by atoms with E-state index in [2.05, 4.69) is 0 Å². The Labute approximate surface area is 166 Å². The van der Waals surface area contributed by atoms with Crippen molar-refractivity contribution in [3.05, 3.63) is 84.0 Å². The lowest BCUT2D eigenvalue weighted by Crippen LogP contribution is -2.27. The molecule has 0 radical (unpaired) electrons. The number of ether oxygens (including phenoxy) is 1. The summed E-state index contributed by atoms with van der Waals surface area (Å²) >= 11 is 0. The van der Waals surface area contributed by atoms with Crippen LogP contribution in [0.3, 0.4) is 0 Å². The second kappa shape index (κ2) is 8.09. The minimum Gasteiger partial charge on any atom is -0.462 e. The molecule has 0 bridgehead atoms. The molecule has 5 heteroatoms. The molecule has 2 aromatic rings. The monoisotopic (exact) mass is 392 g/mol. The van der Waals surface area contributed by atoms with Gasteiger partial charge >= 0.3 is 5.97 Å². The maximum absolute atomic E-state index is 12.9. The van der Waals surface area contributed by atoms with Crippen molar-refractivity contribution in [1.29, 1.82) is 0 Å². The van der Waals surface area contributed by atoms with E-state index in [4.69, 9.17) is 9.84 Å². The molecule has 1 heterocycles. The average Bonchev–Trinajstić information content (AvgIpc) is 2.74. The number of carbonyl (C=O) groups excluding carboxylic acids is 2. The van der Waals surface area contributed by atoms with Crippen LogP contribution in [0, 0.1) is 5.92 Å². The predicted octanol–water partition coefficient (Wildman–Crippen LogP) is 4.02. The van der Waals surface area contributed by atoms with Gasteiger partial charge in [-0.3, -0.25) is 4.79 Å². The fraction of sp³-hybridized carbons (Fsp3) is 0.174. The maximum atomic E-state index is 12.9. The highest BCUT2D eigenvalue weighted by Gasteiger charge is 2.32. The van der Waals surface area contributed by atoms with Crippen LogP contribution >= 0.6 is 10.5 Å². The largest absolute Gasteiger partial charge is 0.462 e. The van der Waals surface area contributed by atoms with Crippen LogP contribution in [0.1, 0.15) is 27.1 Å². The van der Waals surface area contributed by atoms with E-state index in [1.165, 1.54) is 0 Å². The number of hydrogen-bond acceptors (Lipinski definition) is 4. The Morgan fingerprint density at radius 2 is 1.86 bits per heavy atom. The highest BCUT2D eigenvalue weighted by molar-refractivity contribution is 8.16. The first kappa shape index (κ1) is 18.6. The number of allylic oxidation sites excluding steroid dienone is 4. The van der Waals surface area contributed by atoms with Crippen molar-refractivity contribution in [3.8, 4) is 0 Å². The first-order chi connectivity index (χ1) is 13.7. The highest BCUT2D eigenvalue weighted by Crippen LogP contribution is 2.46. The standard InChI is InChI=1S/C23H20O4S/c24-14-5-15-27-23(26)16-10-12-17(13-11-16)28-20-8-3-1-6-18(20)22(25)19-7-2-4-9-21(19)28/h1-4,6-13,18,24H,5,14-15H2. The number of aliphatic hydroxyl groups excluding tert-OH is 1. The third-order valence-corrected chi connectivity index (χ3v) is 7.13. The Hall–Kier alpha value is -2.76. The lowest BCUT2D eigenvalue weighted by atomic mass is 9.91. The number of esters is 1. The topological polar surface area (TPSA) is 63.6 Å². The molecule has 2 aliphatic rings. The van der Waals surface area contributed by atoms with E-state index < -0.39 is 5.97 Å². The van der Waals surface area contributed by atoms with Gasteiger partial charge in [-0.05, 0) is 35.2 Å². The Balaban J connectivity index is 1.73. The average molecular weight is 392 g/mol. The minimum absolute atomic E-state index is 0.00507. The molecule has 0 amide bonds. The number of ketones is 1. The summed E-state index contributed by atoms with van der Waals surface area (Å²) in [5, 5.41) is 8.80. The molecule has 2 aromatic carbocycles. The Morgan fingerprint density at radius 1 is 1.07 bits per heavy atom. The van der Waals surface area contributed by atoms with Crippen molar-refractivity contribution >= 4 is 27.1 Å². The zero-order chi connectivity index (χ0) is 19.5. The van der Waals surface area contributed by atoms with Gasteiger partial charge in [-0.2, -0.15) is 0 Å². The lowest BCUT2D eigenvalue weighted by molar-refractivity contribution is 0.0482. The minimum atomic E-state index is -0.395. The van der Waals surface area contributed by atoms with Crippen molar-refractivity contribution in [2.24, 2.45) is 5.92 Å². The van der Waals surface area contributed by atoms with Gasteiger partial charge in [0, 0.05) is 28.4 Å². The molecule has 0 spiro atoms. The highest BCUT2D eigenvalue weighted by atomic mass is 32.2. The molecule has 142 valence electrons. The van der Waals surface area contributed by atoms with Crippen molar-refractivity contribution in [1.82, 2.24) is 0 Å². The molecule has 1 aliphatic carbocycles. The summed E-state index contributed by atoms with van der Waals surface area (Å²) in [6.07, 6.45) is 8.32. The van der Waals surface area contributed by atoms with Gasteiger partial charge in [0.1, 0.15) is 0 Å². The Bertz CT molecular complexity index is 1020. The normalized spacial score (nSPS) is 19.9. The van der Waals surface area contributed by atoms with Gasteiger partial charge in [-0.1, -0.05) is 42.5 Å². The molecule has 0 fully saturated rings. The van der Waals surface area contributed by atoms with Gasteiger partial charge in [-0.25, -0.2) is 4.79 Å². The first-order valence-electron chi connectivity index (χ1n) is 9.18. The lowest BCUT2D eigenvalue weighted by Gasteiger charge is -2.28. The zero-order valence-electron chi connectivity index (χ0n) is 15.2. The first-order valence-corrected chi connectivity index (χ1v) is 10.4. The fourth-order valence-electron chi connectivity index (χ4n) is 3.38. The van der Waals surface area contributed by atoms with Crippen LogP contribution < -0.4 is 0 Å². The van der Waals surface area contributed by atoms with E-state index in [1.807, 2.05) is 60.7 Å². The maximum Gasteiger partial charge on any atom is 0.338 e. The van der Waals surface area contributed by atoms with Crippen LogP contribution in [0.15, 0.2) is 82.6 Å². The number of hydrogen-bond donors (Lipinski definition) is 1. The Morgan fingerprint density at radius 3 is 2.64 bits per heavy atom. The molecule has 0 saturated heterocycles. The number of aliphatic hydroxyl groups is 1. The number of rotatable bonds is 5. The van der Waals surface area contributed by atoms with Crippen molar-refractivity contribution in [3.63, 3.8) is 0 Å². The summed E-state index contributed by atoms with van der Waals surface area (Å²) in [6, 6.07) is 15.2. The van der Waals surface area contributed by atoms with Gasteiger partial charge in [-0.15, -0.1) is 10.5 Å². The van der Waals surface area contributed by atoms with Crippen LogP contribution in [0.2, 0.25) is 0 Å². The van der Waals surface area contributed by atoms with Gasteiger partial charge in [0.2, 0.25) is 0 Å². The summed E-state index contributed by atoms with van der Waals surface area (Å²) in [4.78, 5) is 28.2. The van der Waals surface area contributed by atoms with Gasteiger partial charge in [0.25, 0.3) is 0 Å². The molecule has 1 N–H and O–H groups in total. The van der Waals surface area contributed by atoms with E-state index in [0.29, 0.717) is 12.0 Å². The third-order valence-electron chi connectivity index (χ3n) is 4.73. The summed E-state index contributed by atoms with van der Waals surface area (Å²) in [5.74, 6) is -0.487. The molecule has 0 aromatic heterocycles. The van der Waals surface area contributed by atoms with E-state index in [0.717, 1.165) is 20.2 Å². The molecule has 4 nitrogen and oxygen atoms in total. The zero-order valence-corrected chi connectivity index (χ0v) is 16.0. The third kappa shape index (κ3) is 3.39. The van der Waals surface area contributed by atoms with Crippen molar-refractivity contribution in [2.75, 3.05) is 13.2 Å². The van der Waals surface area contributed by atoms with E-state index in [9.17, 15) is 9.59 Å². The number of fused-ring (bicyclic) bond motifs is 2. The quantitative estimate of drug-likeness (QED) is 0.474. The van der Waals surface area contributed by atoms with Gasteiger partial charge < -0.3 is 9.84 Å². The molecule has 0 saturated carbocycles. The Kier molecular flexibility index (Phi) is 5.37. The molecule has 2 atom stereocenters. The SMILES string of the molecule is O=C(OCCCO)c1ccc(S2=C3C=CC=CC3C(=O)c3ccccc32)cc1. The molecular formula is C23H20O4S. The van der Waals surface area contributed by atoms with Crippen LogP contribution in [0.5, 0.6) is 0 Å². The van der Waals surface area contributed by atoms with Crippen LogP contribution in [-0.4, -0.2) is 34.9 Å². The van der Waals surface area contributed by atoms with E-state index in [-0.39, 0.29) is 35.4 Å². The molecule has 2 unspecified atom stereocenters. The summed E-state index contributed by atoms with van der Waals surface area (Å²) < 4.78 is 5.14. The molecule has 4 rings (SSSR count). The van der Waals surface area contributed by atoms with Crippen LogP contribution in [-0.2, 0) is 4.74 Å². The fourth-order valence-corrected chi connectivity index (χ4v) is 5.83. The summed E-state index contributed by atoms with van der Waals surface area (Å²) in [6.45, 7) is 0.197. The van der Waals surface area contributed by atoms with Gasteiger partial charge in [0.15, 0.2) is 5.78 Å². The second-order valence-electron chi connectivity index (χ2n) is 6.53. The number of carbonyl (C=O) groups is 2. The molecule has 1 aliphatic heterocycles. The number of Topliss-reactive ketones (excluding diaryl/α,β-unsaturated/α-hetero) is 1. The molecular weight excluding hydrogens is 372 g/mol. The van der Waals surface area contributed by atoms with Crippen molar-refractivity contribution < 1.29 is 19.4 Å². The van der Waals surface area contributed by atoms with Crippen molar-refractivity contribution in [2.45, 2.75) is 16.2 Å². The van der Waals surface area contributed by atoms with Crippen LogP contribution in [0.25, 0.3) is 0 Å². The van der Waals surface area contributed by atoms with E-state index >= 15 is 0 Å². The van der Waals surface area contributed by atoms with E-state index in [1.54, 1.807) is 12.1 Å². The summed E-state index contributed by atoms with van der Waals surface area (Å²) in [7, 11) is -0.376. The smallest absolute Gasteiger partial charge is 0.338 e. The second-order valence-corrected chi connectivity index (χ2v) is 8.52.